The molecule has 0 saturated carbocycles. The Morgan fingerprint density at radius 3 is 2.23 bits per heavy atom. The van der Waals surface area contributed by atoms with Gasteiger partial charge in [0.1, 0.15) is 6.54 Å². The molecule has 0 fully saturated rings. The molecule has 3 aromatic carbocycles. The summed E-state index contributed by atoms with van der Waals surface area (Å²) in [5.74, 6) is -0.421. The third-order valence-corrected chi connectivity index (χ3v) is 6.96. The third-order valence-electron chi connectivity index (χ3n) is 5.26. The van der Waals surface area contributed by atoms with Gasteiger partial charge in [-0.2, -0.15) is 3.97 Å². The van der Waals surface area contributed by atoms with E-state index in [-0.39, 0.29) is 17.0 Å². The molecule has 0 spiro atoms. The Bertz CT molecular complexity index is 1450. The normalized spacial score (nSPS) is 11.5. The fourth-order valence-corrected chi connectivity index (χ4v) is 4.91. The highest BCUT2D eigenvalue weighted by Crippen LogP contribution is 2.21. The van der Waals surface area contributed by atoms with E-state index < -0.39 is 21.6 Å². The van der Waals surface area contributed by atoms with Gasteiger partial charge >= 0.3 is 5.69 Å². The molecular weight excluding hydrogens is 414 g/mol. The van der Waals surface area contributed by atoms with Crippen molar-refractivity contribution in [1.29, 1.82) is 0 Å². The summed E-state index contributed by atoms with van der Waals surface area (Å²) in [5.41, 5.74) is 2.40. The molecule has 158 valence electrons. The molecule has 1 aromatic heterocycles. The topological polar surface area (TPSA) is 90.2 Å². The van der Waals surface area contributed by atoms with Crippen LogP contribution in [0.5, 0.6) is 0 Å². The SMILES string of the molecule is Cc1cccc(NC(=O)Cn2c(=O)n(S(=O)(=O)c3ccccc3)c3ccccc32)c1C. The van der Waals surface area contributed by atoms with Crippen LogP contribution in [0, 0.1) is 13.8 Å². The van der Waals surface area contributed by atoms with Crippen LogP contribution in [0.25, 0.3) is 11.0 Å². The number of amides is 1. The molecule has 31 heavy (non-hydrogen) atoms. The lowest BCUT2D eigenvalue weighted by Crippen LogP contribution is -2.32. The second-order valence-electron chi connectivity index (χ2n) is 7.24. The molecular formula is C23H21N3O4S. The van der Waals surface area contributed by atoms with Crippen molar-refractivity contribution in [3.8, 4) is 0 Å². The number of para-hydroxylation sites is 2. The molecule has 0 bridgehead atoms. The van der Waals surface area contributed by atoms with Crippen molar-refractivity contribution in [3.63, 3.8) is 0 Å². The number of fused-ring (bicyclic) bond motifs is 1. The van der Waals surface area contributed by atoms with Crippen LogP contribution >= 0.6 is 0 Å². The maximum absolute atomic E-state index is 13.2. The minimum absolute atomic E-state index is 0.000148. The summed E-state index contributed by atoms with van der Waals surface area (Å²) in [7, 11) is -4.13. The maximum atomic E-state index is 13.2. The van der Waals surface area contributed by atoms with E-state index in [0.717, 1.165) is 15.1 Å². The van der Waals surface area contributed by atoms with Gasteiger partial charge < -0.3 is 5.32 Å². The number of hydrogen-bond acceptors (Lipinski definition) is 4. The summed E-state index contributed by atoms with van der Waals surface area (Å²) in [6.45, 7) is 3.52. The molecule has 4 rings (SSSR count). The van der Waals surface area contributed by atoms with E-state index >= 15 is 0 Å². The lowest BCUT2D eigenvalue weighted by molar-refractivity contribution is -0.116. The summed E-state index contributed by atoms with van der Waals surface area (Å²) >= 11 is 0. The summed E-state index contributed by atoms with van der Waals surface area (Å²) in [6.07, 6.45) is 0. The Morgan fingerprint density at radius 1 is 0.871 bits per heavy atom. The predicted octanol–water partition coefficient (Wildman–Crippen LogP) is 3.30. The first-order valence-electron chi connectivity index (χ1n) is 9.67. The van der Waals surface area contributed by atoms with Gasteiger partial charge in [-0.15, -0.1) is 0 Å². The number of nitrogens with zero attached hydrogens (tertiary/aromatic N) is 2. The van der Waals surface area contributed by atoms with Crippen molar-refractivity contribution >= 4 is 32.7 Å². The fourth-order valence-electron chi connectivity index (χ4n) is 3.48. The number of anilines is 1. The van der Waals surface area contributed by atoms with Gasteiger partial charge in [-0.25, -0.2) is 13.2 Å². The van der Waals surface area contributed by atoms with Gasteiger partial charge in [-0.05, 0) is 55.3 Å². The first kappa shape index (κ1) is 20.6. The van der Waals surface area contributed by atoms with E-state index in [2.05, 4.69) is 5.32 Å². The number of benzene rings is 3. The number of rotatable bonds is 5. The van der Waals surface area contributed by atoms with Crippen LogP contribution in [0.3, 0.4) is 0 Å². The van der Waals surface area contributed by atoms with E-state index in [1.54, 1.807) is 48.5 Å². The summed E-state index contributed by atoms with van der Waals surface area (Å²) in [5, 5.41) is 2.81. The highest BCUT2D eigenvalue weighted by molar-refractivity contribution is 7.90. The molecule has 0 aliphatic heterocycles. The zero-order valence-electron chi connectivity index (χ0n) is 17.1. The van der Waals surface area contributed by atoms with E-state index in [0.29, 0.717) is 11.2 Å². The number of carbonyl (C=O) groups excluding carboxylic acids is 1. The van der Waals surface area contributed by atoms with Crippen LogP contribution in [-0.4, -0.2) is 22.9 Å². The van der Waals surface area contributed by atoms with Crippen molar-refractivity contribution in [1.82, 2.24) is 8.54 Å². The first-order valence-corrected chi connectivity index (χ1v) is 11.1. The molecule has 8 heteroatoms. The number of aryl methyl sites for hydroxylation is 1. The molecule has 0 saturated heterocycles. The molecule has 0 atom stereocenters. The lowest BCUT2D eigenvalue weighted by atomic mass is 10.1. The highest BCUT2D eigenvalue weighted by Gasteiger charge is 2.25. The quantitative estimate of drug-likeness (QED) is 0.521. The van der Waals surface area contributed by atoms with Crippen molar-refractivity contribution in [3.05, 3.63) is 94.4 Å². The Morgan fingerprint density at radius 2 is 1.52 bits per heavy atom. The lowest BCUT2D eigenvalue weighted by Gasteiger charge is -2.10. The van der Waals surface area contributed by atoms with Crippen molar-refractivity contribution in [2.24, 2.45) is 0 Å². The molecule has 7 nitrogen and oxygen atoms in total. The minimum Gasteiger partial charge on any atom is -0.324 e. The minimum atomic E-state index is -4.13. The molecule has 0 unspecified atom stereocenters. The molecule has 0 aliphatic carbocycles. The van der Waals surface area contributed by atoms with Crippen molar-refractivity contribution in [2.45, 2.75) is 25.3 Å². The number of hydrogen-bond donors (Lipinski definition) is 1. The Labute approximate surface area is 179 Å². The van der Waals surface area contributed by atoms with Crippen LogP contribution in [0.15, 0.2) is 82.5 Å². The molecule has 0 radical (unpaired) electrons. The zero-order valence-corrected chi connectivity index (χ0v) is 17.9. The molecule has 1 N–H and O–H groups in total. The summed E-state index contributed by atoms with van der Waals surface area (Å²) in [4.78, 5) is 25.9. The van der Waals surface area contributed by atoms with E-state index in [1.165, 1.54) is 16.7 Å². The zero-order chi connectivity index (χ0) is 22.2. The van der Waals surface area contributed by atoms with Gasteiger partial charge in [0.05, 0.1) is 15.9 Å². The number of nitrogens with one attached hydrogen (secondary N) is 1. The predicted molar refractivity (Wildman–Crippen MR) is 120 cm³/mol. The van der Waals surface area contributed by atoms with Crippen LogP contribution in [0.4, 0.5) is 5.69 Å². The largest absolute Gasteiger partial charge is 0.343 e. The van der Waals surface area contributed by atoms with E-state index in [4.69, 9.17) is 0 Å². The van der Waals surface area contributed by atoms with Crippen LogP contribution < -0.4 is 11.0 Å². The average Bonchev–Trinajstić information content (AvgIpc) is 3.04. The Hall–Kier alpha value is -3.65. The third kappa shape index (κ3) is 3.66. The fraction of sp³-hybridized carbons (Fsp3) is 0.130. The standard InChI is InChI=1S/C23H21N3O4S/c1-16-9-8-12-19(17(16)2)24-22(27)15-25-20-13-6-7-14-21(20)26(23(25)28)31(29,30)18-10-4-3-5-11-18/h3-14H,15H2,1-2H3,(H,24,27). The van der Waals surface area contributed by atoms with Gasteiger partial charge in [-0.1, -0.05) is 42.5 Å². The molecule has 0 aliphatic rings. The van der Waals surface area contributed by atoms with E-state index in [9.17, 15) is 18.0 Å². The smallest absolute Gasteiger partial charge is 0.324 e. The first-order chi connectivity index (χ1) is 14.8. The van der Waals surface area contributed by atoms with Crippen LogP contribution in [-0.2, 0) is 21.4 Å². The van der Waals surface area contributed by atoms with Gasteiger partial charge in [-0.3, -0.25) is 9.36 Å². The van der Waals surface area contributed by atoms with Gasteiger partial charge in [0.15, 0.2) is 0 Å². The molecule has 4 aromatic rings. The van der Waals surface area contributed by atoms with Crippen molar-refractivity contribution < 1.29 is 13.2 Å². The van der Waals surface area contributed by atoms with Gasteiger partial charge in [0.2, 0.25) is 5.91 Å². The van der Waals surface area contributed by atoms with Crippen molar-refractivity contribution in [2.75, 3.05) is 5.32 Å². The number of carbonyl (C=O) groups is 1. The highest BCUT2D eigenvalue weighted by atomic mass is 32.2. The van der Waals surface area contributed by atoms with Gasteiger partial charge in [0, 0.05) is 5.69 Å². The number of imidazole rings is 1. The second kappa shape index (κ2) is 7.88. The summed E-state index contributed by atoms with van der Waals surface area (Å²) < 4.78 is 28.3. The number of aromatic nitrogens is 2. The summed E-state index contributed by atoms with van der Waals surface area (Å²) in [6, 6.07) is 19.8. The second-order valence-corrected chi connectivity index (χ2v) is 9.02. The monoisotopic (exact) mass is 435 g/mol. The Balaban J connectivity index is 1.78. The van der Waals surface area contributed by atoms with Gasteiger partial charge in [0.25, 0.3) is 10.0 Å². The van der Waals surface area contributed by atoms with Crippen LogP contribution in [0.2, 0.25) is 0 Å². The molecule has 1 heterocycles. The molecule has 1 amide bonds. The maximum Gasteiger partial charge on any atom is 0.343 e. The van der Waals surface area contributed by atoms with Crippen LogP contribution in [0.1, 0.15) is 11.1 Å². The Kier molecular flexibility index (Phi) is 5.24. The van der Waals surface area contributed by atoms with E-state index in [1.807, 2.05) is 26.0 Å². The average molecular weight is 436 g/mol.